The van der Waals surface area contributed by atoms with Crippen LogP contribution in [0.3, 0.4) is 0 Å². The van der Waals surface area contributed by atoms with Crippen LogP contribution in [0.1, 0.15) is 28.8 Å². The number of nitrogens with one attached hydrogen (secondary N) is 1. The van der Waals surface area contributed by atoms with Crippen LogP contribution < -0.4 is 5.32 Å². The number of carbonyl (C=O) groups is 1. The molecular weight excluding hydrogens is 450 g/mol. The van der Waals surface area contributed by atoms with Gasteiger partial charge in [-0.2, -0.15) is 5.26 Å². The number of aromatic nitrogens is 3. The molecule has 1 amide bonds. The summed E-state index contributed by atoms with van der Waals surface area (Å²) in [6.45, 7) is -0.0524. The van der Waals surface area contributed by atoms with Crippen LogP contribution in [0.2, 0.25) is 5.02 Å². The Bertz CT molecular complexity index is 1180. The van der Waals surface area contributed by atoms with Crippen molar-refractivity contribution in [3.05, 3.63) is 71.1 Å². The van der Waals surface area contributed by atoms with E-state index in [0.29, 0.717) is 22.2 Å². The number of nitrogens with zero attached hydrogens (tertiary/aromatic N) is 5. The Morgan fingerprint density at radius 3 is 2.73 bits per heavy atom. The Labute approximate surface area is 194 Å². The molecule has 1 fully saturated rings. The lowest BCUT2D eigenvalue weighted by Gasteiger charge is -2.39. The highest BCUT2D eigenvalue weighted by atomic mass is 35.5. The second kappa shape index (κ2) is 9.46. The highest BCUT2D eigenvalue weighted by Gasteiger charge is 2.42. The van der Waals surface area contributed by atoms with Gasteiger partial charge in [0.1, 0.15) is 5.82 Å². The molecule has 10 heteroatoms. The van der Waals surface area contributed by atoms with E-state index in [-0.39, 0.29) is 24.2 Å². The van der Waals surface area contributed by atoms with Gasteiger partial charge in [-0.3, -0.25) is 4.79 Å². The number of piperidine rings is 1. The molecule has 1 atom stereocenters. The van der Waals surface area contributed by atoms with Gasteiger partial charge in [0.2, 0.25) is 0 Å². The highest BCUT2D eigenvalue weighted by molar-refractivity contribution is 6.30. The standard InChI is InChI=1S/C23H19ClF2N6O/c24-16-3-5-20(30-13-16)31-14-17-11-23(25,26)6-9-32(17)22(33)19-10-15(12-27)2-4-18(19)21-28-7-1-8-29-21/h1-5,7-8,10,13,17H,6,9,11,14H2,(H,30,31). The van der Waals surface area contributed by atoms with Gasteiger partial charge in [0.05, 0.1) is 28.3 Å². The van der Waals surface area contributed by atoms with Crippen LogP contribution in [0.25, 0.3) is 11.4 Å². The SMILES string of the molecule is N#Cc1ccc(-c2ncccn2)c(C(=O)N2CCC(F)(F)CC2CNc2ccc(Cl)cn2)c1. The smallest absolute Gasteiger partial charge is 0.254 e. The molecule has 0 saturated carbocycles. The molecule has 1 aliphatic heterocycles. The van der Waals surface area contributed by atoms with E-state index in [1.54, 1.807) is 42.7 Å². The van der Waals surface area contributed by atoms with Gasteiger partial charge >= 0.3 is 0 Å². The van der Waals surface area contributed by atoms with E-state index >= 15 is 0 Å². The zero-order chi connectivity index (χ0) is 23.4. The number of likely N-dealkylation sites (tertiary alicyclic amines) is 1. The lowest BCUT2D eigenvalue weighted by Crippen LogP contribution is -2.52. The Morgan fingerprint density at radius 1 is 1.24 bits per heavy atom. The summed E-state index contributed by atoms with van der Waals surface area (Å²) in [7, 11) is 0. The van der Waals surface area contributed by atoms with E-state index in [4.69, 9.17) is 11.6 Å². The van der Waals surface area contributed by atoms with Gasteiger partial charge in [-0.1, -0.05) is 11.6 Å². The number of benzene rings is 1. The van der Waals surface area contributed by atoms with Crippen LogP contribution in [-0.4, -0.2) is 50.8 Å². The summed E-state index contributed by atoms with van der Waals surface area (Å²) < 4.78 is 28.5. The topological polar surface area (TPSA) is 94.8 Å². The Kier molecular flexibility index (Phi) is 6.47. The van der Waals surface area contributed by atoms with Crippen molar-refractivity contribution in [3.63, 3.8) is 0 Å². The third-order valence-corrected chi connectivity index (χ3v) is 5.61. The lowest BCUT2D eigenvalue weighted by atomic mass is 9.95. The zero-order valence-corrected chi connectivity index (χ0v) is 18.1. The summed E-state index contributed by atoms with van der Waals surface area (Å²) in [6.07, 6.45) is 3.60. The van der Waals surface area contributed by atoms with Crippen molar-refractivity contribution in [2.45, 2.75) is 24.8 Å². The first-order chi connectivity index (χ1) is 15.9. The second-order valence-corrected chi connectivity index (χ2v) is 8.09. The summed E-state index contributed by atoms with van der Waals surface area (Å²) in [5.41, 5.74) is 0.906. The normalized spacial score (nSPS) is 17.3. The van der Waals surface area contributed by atoms with Crippen molar-refractivity contribution in [2.24, 2.45) is 0 Å². The van der Waals surface area contributed by atoms with Crippen LogP contribution in [0, 0.1) is 11.3 Å². The number of anilines is 1. The first-order valence-corrected chi connectivity index (χ1v) is 10.6. The number of rotatable bonds is 5. The van der Waals surface area contributed by atoms with Crippen LogP contribution >= 0.6 is 11.6 Å². The monoisotopic (exact) mass is 468 g/mol. The Balaban J connectivity index is 1.65. The lowest BCUT2D eigenvalue weighted by molar-refractivity contribution is -0.0674. The van der Waals surface area contributed by atoms with Crippen molar-refractivity contribution in [3.8, 4) is 17.5 Å². The third kappa shape index (κ3) is 5.23. The van der Waals surface area contributed by atoms with Crippen LogP contribution in [-0.2, 0) is 0 Å². The molecular formula is C23H19ClF2N6O. The maximum absolute atomic E-state index is 14.3. The molecule has 3 aromatic rings. The molecule has 1 aromatic carbocycles. The molecule has 3 heterocycles. The van der Waals surface area contributed by atoms with Gasteiger partial charge in [0.15, 0.2) is 5.82 Å². The number of hydrogen-bond acceptors (Lipinski definition) is 6. The number of hydrogen-bond donors (Lipinski definition) is 1. The molecule has 0 aliphatic carbocycles. The third-order valence-electron chi connectivity index (χ3n) is 5.39. The molecule has 2 aromatic heterocycles. The number of pyridine rings is 1. The quantitative estimate of drug-likeness (QED) is 0.595. The van der Waals surface area contributed by atoms with Gasteiger partial charge in [0.25, 0.3) is 11.8 Å². The minimum atomic E-state index is -2.89. The number of amides is 1. The van der Waals surface area contributed by atoms with E-state index in [2.05, 4.69) is 20.3 Å². The van der Waals surface area contributed by atoms with Crippen molar-refractivity contribution in [1.29, 1.82) is 5.26 Å². The summed E-state index contributed by atoms with van der Waals surface area (Å²) in [4.78, 5) is 27.5. The van der Waals surface area contributed by atoms with Crippen molar-refractivity contribution in [1.82, 2.24) is 19.9 Å². The molecule has 1 N–H and O–H groups in total. The first kappa shape index (κ1) is 22.6. The fourth-order valence-corrected chi connectivity index (χ4v) is 3.87. The van der Waals surface area contributed by atoms with Crippen LogP contribution in [0.4, 0.5) is 14.6 Å². The van der Waals surface area contributed by atoms with Gasteiger partial charge < -0.3 is 10.2 Å². The number of alkyl halides is 2. The predicted molar refractivity (Wildman–Crippen MR) is 119 cm³/mol. The number of halogens is 3. The maximum atomic E-state index is 14.3. The molecule has 0 bridgehead atoms. The molecule has 7 nitrogen and oxygen atoms in total. The minimum Gasteiger partial charge on any atom is -0.368 e. The fourth-order valence-electron chi connectivity index (χ4n) is 3.75. The summed E-state index contributed by atoms with van der Waals surface area (Å²) in [5.74, 6) is -2.57. The molecule has 0 radical (unpaired) electrons. The number of carbonyl (C=O) groups excluding carboxylic acids is 1. The molecule has 0 spiro atoms. The second-order valence-electron chi connectivity index (χ2n) is 7.65. The van der Waals surface area contributed by atoms with Crippen molar-refractivity contribution >= 4 is 23.3 Å². The summed E-state index contributed by atoms with van der Waals surface area (Å²) >= 11 is 5.85. The van der Waals surface area contributed by atoms with Gasteiger partial charge in [0, 0.05) is 50.1 Å². The zero-order valence-electron chi connectivity index (χ0n) is 17.4. The molecule has 168 valence electrons. The first-order valence-electron chi connectivity index (χ1n) is 10.2. The Morgan fingerprint density at radius 2 is 2.03 bits per heavy atom. The van der Waals surface area contributed by atoms with Gasteiger partial charge in [-0.05, 0) is 36.4 Å². The molecule has 1 unspecified atom stereocenters. The molecule has 1 saturated heterocycles. The summed E-state index contributed by atoms with van der Waals surface area (Å²) in [6, 6.07) is 10.8. The van der Waals surface area contributed by atoms with Crippen molar-refractivity contribution < 1.29 is 13.6 Å². The van der Waals surface area contributed by atoms with E-state index in [1.165, 1.54) is 17.2 Å². The highest BCUT2D eigenvalue weighted by Crippen LogP contribution is 2.34. The molecule has 4 rings (SSSR count). The van der Waals surface area contributed by atoms with Gasteiger partial charge in [-0.25, -0.2) is 23.7 Å². The van der Waals surface area contributed by atoms with Crippen LogP contribution in [0.5, 0.6) is 0 Å². The number of nitriles is 1. The maximum Gasteiger partial charge on any atom is 0.254 e. The average Bonchev–Trinajstić information content (AvgIpc) is 2.83. The average molecular weight is 469 g/mol. The molecule has 33 heavy (non-hydrogen) atoms. The van der Waals surface area contributed by atoms with Crippen LogP contribution in [0.15, 0.2) is 55.0 Å². The van der Waals surface area contributed by atoms with E-state index in [1.807, 2.05) is 6.07 Å². The van der Waals surface area contributed by atoms with E-state index in [9.17, 15) is 18.8 Å². The molecule has 1 aliphatic rings. The summed E-state index contributed by atoms with van der Waals surface area (Å²) in [5, 5.41) is 12.8. The van der Waals surface area contributed by atoms with Gasteiger partial charge in [-0.15, -0.1) is 0 Å². The minimum absolute atomic E-state index is 0.0745. The predicted octanol–water partition coefficient (Wildman–Crippen LogP) is 4.42. The fraction of sp³-hybridized carbons (Fsp3) is 0.261. The Hall–Kier alpha value is -3.64. The largest absolute Gasteiger partial charge is 0.368 e. The van der Waals surface area contributed by atoms with E-state index < -0.39 is 30.7 Å². The van der Waals surface area contributed by atoms with Crippen molar-refractivity contribution in [2.75, 3.05) is 18.4 Å². The van der Waals surface area contributed by atoms with E-state index in [0.717, 1.165) is 0 Å².